The molecule has 0 aromatic rings. The van der Waals surface area contributed by atoms with Crippen molar-refractivity contribution in [1.82, 2.24) is 0 Å². The number of aliphatic hydroxyl groups excluding tert-OH is 1. The van der Waals surface area contributed by atoms with Gasteiger partial charge in [-0.1, -0.05) is 73.1 Å². The first kappa shape index (κ1) is 22.4. The first-order valence-electron chi connectivity index (χ1n) is 9.68. The van der Waals surface area contributed by atoms with Crippen LogP contribution in [0.4, 0.5) is 0 Å². The van der Waals surface area contributed by atoms with Gasteiger partial charge in [0.25, 0.3) is 0 Å². The molecular weight excluding hydrogens is 288 g/mol. The number of unbranched alkanes of at least 4 members (excludes halogenated alkanes) is 6. The van der Waals surface area contributed by atoms with Crippen molar-refractivity contribution >= 4 is 5.97 Å². The fourth-order valence-electron chi connectivity index (χ4n) is 2.57. The van der Waals surface area contributed by atoms with Gasteiger partial charge in [0.1, 0.15) is 6.10 Å². The molecule has 0 heterocycles. The highest BCUT2D eigenvalue weighted by atomic mass is 16.5. The van der Waals surface area contributed by atoms with Crippen molar-refractivity contribution < 1.29 is 14.6 Å². The molecule has 138 valence electrons. The smallest absolute Gasteiger partial charge is 0.306 e. The molecule has 0 bridgehead atoms. The Balaban J connectivity index is 4.32. The number of aliphatic hydroxyl groups is 1. The molecule has 0 rings (SSSR count). The minimum atomic E-state index is -0.438. The van der Waals surface area contributed by atoms with Crippen molar-refractivity contribution in [3.63, 3.8) is 0 Å². The van der Waals surface area contributed by atoms with Crippen molar-refractivity contribution in [3.05, 3.63) is 0 Å². The monoisotopic (exact) mass is 328 g/mol. The van der Waals surface area contributed by atoms with Gasteiger partial charge < -0.3 is 9.84 Å². The summed E-state index contributed by atoms with van der Waals surface area (Å²) in [7, 11) is 0. The van der Waals surface area contributed by atoms with E-state index >= 15 is 0 Å². The highest BCUT2D eigenvalue weighted by Gasteiger charge is 2.27. The third kappa shape index (κ3) is 12.5. The van der Waals surface area contributed by atoms with Gasteiger partial charge >= 0.3 is 5.97 Å². The van der Waals surface area contributed by atoms with Crippen LogP contribution < -0.4 is 0 Å². The fraction of sp³-hybridized carbons (Fsp3) is 0.950. The van der Waals surface area contributed by atoms with E-state index in [2.05, 4.69) is 13.8 Å². The lowest BCUT2D eigenvalue weighted by Gasteiger charge is -2.29. The second kappa shape index (κ2) is 12.8. The normalized spacial score (nSPS) is 14.5. The molecule has 0 aliphatic heterocycles. The molecule has 0 aliphatic carbocycles. The summed E-state index contributed by atoms with van der Waals surface area (Å²) in [5.74, 6) is -0.0947. The second-order valence-corrected chi connectivity index (χ2v) is 7.89. The molecule has 0 aromatic heterocycles. The van der Waals surface area contributed by atoms with E-state index in [1.807, 2.05) is 20.8 Å². The zero-order valence-corrected chi connectivity index (χ0v) is 16.2. The highest BCUT2D eigenvalue weighted by Crippen LogP contribution is 2.25. The highest BCUT2D eigenvalue weighted by molar-refractivity contribution is 5.69. The lowest BCUT2D eigenvalue weighted by Crippen LogP contribution is -2.32. The lowest BCUT2D eigenvalue weighted by atomic mass is 9.85. The molecule has 2 atom stereocenters. The van der Waals surface area contributed by atoms with Crippen molar-refractivity contribution in [2.75, 3.05) is 0 Å². The van der Waals surface area contributed by atoms with Crippen molar-refractivity contribution in [1.29, 1.82) is 0 Å². The number of rotatable bonds is 13. The number of hydrogen-bond donors (Lipinski definition) is 1. The Morgan fingerprint density at radius 3 is 2.04 bits per heavy atom. The van der Waals surface area contributed by atoms with Crippen LogP contribution in [-0.4, -0.2) is 23.3 Å². The molecule has 0 aromatic carbocycles. The van der Waals surface area contributed by atoms with Gasteiger partial charge in [-0.3, -0.25) is 4.79 Å². The molecule has 0 spiro atoms. The van der Waals surface area contributed by atoms with Gasteiger partial charge in [0.05, 0.1) is 6.10 Å². The van der Waals surface area contributed by atoms with Crippen LogP contribution in [-0.2, 0) is 9.53 Å². The first-order chi connectivity index (χ1) is 10.8. The summed E-state index contributed by atoms with van der Waals surface area (Å²) < 4.78 is 5.68. The standard InChI is InChI=1S/C20H40O3/c1-6-8-10-12-14-17(16-18(21)20(3,4)5)23-19(22)15-13-11-9-7-2/h17-18,21H,6-16H2,1-5H3/t17-,18+/m0/s1. The molecular formula is C20H40O3. The first-order valence-corrected chi connectivity index (χ1v) is 9.68. The van der Waals surface area contributed by atoms with E-state index in [1.165, 1.54) is 32.1 Å². The predicted octanol–water partition coefficient (Wildman–Crippen LogP) is 5.64. The summed E-state index contributed by atoms with van der Waals surface area (Å²) in [5.41, 5.74) is -0.171. The van der Waals surface area contributed by atoms with Crippen LogP contribution in [0.2, 0.25) is 0 Å². The Labute approximate surface area is 144 Å². The van der Waals surface area contributed by atoms with Gasteiger partial charge in [-0.15, -0.1) is 0 Å². The Morgan fingerprint density at radius 2 is 1.52 bits per heavy atom. The van der Waals surface area contributed by atoms with Crippen LogP contribution in [0.15, 0.2) is 0 Å². The van der Waals surface area contributed by atoms with Gasteiger partial charge in [-0.25, -0.2) is 0 Å². The predicted molar refractivity (Wildman–Crippen MR) is 97.5 cm³/mol. The third-order valence-electron chi connectivity index (χ3n) is 4.40. The zero-order chi connectivity index (χ0) is 17.7. The summed E-state index contributed by atoms with van der Waals surface area (Å²) >= 11 is 0. The van der Waals surface area contributed by atoms with Gasteiger partial charge in [0.15, 0.2) is 0 Å². The molecule has 3 heteroatoms. The summed E-state index contributed by atoms with van der Waals surface area (Å²) in [6, 6.07) is 0. The third-order valence-corrected chi connectivity index (χ3v) is 4.40. The molecule has 0 fully saturated rings. The Hall–Kier alpha value is -0.570. The molecule has 0 radical (unpaired) electrons. The SMILES string of the molecule is CCCCCCC(=O)O[C@@H](CCCCCC)C[C@@H](O)C(C)(C)C. The topological polar surface area (TPSA) is 46.5 Å². The van der Waals surface area contributed by atoms with Crippen LogP contribution in [0, 0.1) is 5.41 Å². The number of carbonyl (C=O) groups is 1. The minimum Gasteiger partial charge on any atom is -0.462 e. The summed E-state index contributed by atoms with van der Waals surface area (Å²) in [5, 5.41) is 10.3. The van der Waals surface area contributed by atoms with Gasteiger partial charge in [0, 0.05) is 12.8 Å². The quantitative estimate of drug-likeness (QED) is 0.352. The summed E-state index contributed by atoms with van der Waals surface area (Å²) in [4.78, 5) is 12.0. The van der Waals surface area contributed by atoms with Crippen molar-refractivity contribution in [2.24, 2.45) is 5.41 Å². The van der Waals surface area contributed by atoms with E-state index < -0.39 is 6.10 Å². The van der Waals surface area contributed by atoms with Gasteiger partial charge in [-0.2, -0.15) is 0 Å². The molecule has 3 nitrogen and oxygen atoms in total. The molecule has 0 aliphatic rings. The van der Waals surface area contributed by atoms with Crippen molar-refractivity contribution in [3.8, 4) is 0 Å². The Morgan fingerprint density at radius 1 is 0.957 bits per heavy atom. The fourth-order valence-corrected chi connectivity index (χ4v) is 2.57. The van der Waals surface area contributed by atoms with Crippen LogP contribution in [0.25, 0.3) is 0 Å². The van der Waals surface area contributed by atoms with Crippen LogP contribution >= 0.6 is 0 Å². The van der Waals surface area contributed by atoms with Gasteiger partial charge in [-0.05, 0) is 24.7 Å². The number of hydrogen-bond acceptors (Lipinski definition) is 3. The number of ether oxygens (including phenoxy) is 1. The maximum absolute atomic E-state index is 12.0. The largest absolute Gasteiger partial charge is 0.462 e. The van der Waals surface area contributed by atoms with Crippen molar-refractivity contribution in [2.45, 2.75) is 117 Å². The summed E-state index contributed by atoms with van der Waals surface area (Å²) in [6.07, 6.45) is 10.4. The molecule has 23 heavy (non-hydrogen) atoms. The van der Waals surface area contributed by atoms with E-state index in [-0.39, 0.29) is 17.5 Å². The average molecular weight is 329 g/mol. The molecule has 0 amide bonds. The van der Waals surface area contributed by atoms with E-state index in [0.717, 1.165) is 25.7 Å². The molecule has 0 saturated heterocycles. The van der Waals surface area contributed by atoms with E-state index in [0.29, 0.717) is 12.8 Å². The number of carbonyl (C=O) groups excluding carboxylic acids is 1. The number of esters is 1. The minimum absolute atomic E-state index is 0.0947. The van der Waals surface area contributed by atoms with E-state index in [4.69, 9.17) is 4.74 Å². The van der Waals surface area contributed by atoms with E-state index in [9.17, 15) is 9.90 Å². The summed E-state index contributed by atoms with van der Waals surface area (Å²) in [6.45, 7) is 10.4. The maximum Gasteiger partial charge on any atom is 0.306 e. The maximum atomic E-state index is 12.0. The molecule has 0 unspecified atom stereocenters. The second-order valence-electron chi connectivity index (χ2n) is 7.89. The average Bonchev–Trinajstić information content (AvgIpc) is 2.47. The van der Waals surface area contributed by atoms with E-state index in [1.54, 1.807) is 0 Å². The Bertz CT molecular complexity index is 294. The van der Waals surface area contributed by atoms with Crippen LogP contribution in [0.3, 0.4) is 0 Å². The van der Waals surface area contributed by atoms with Crippen LogP contribution in [0.5, 0.6) is 0 Å². The van der Waals surface area contributed by atoms with Gasteiger partial charge in [0.2, 0.25) is 0 Å². The molecule has 0 saturated carbocycles. The van der Waals surface area contributed by atoms with Crippen LogP contribution in [0.1, 0.15) is 105 Å². The zero-order valence-electron chi connectivity index (χ0n) is 16.2. The Kier molecular flexibility index (Phi) is 12.5. The molecule has 1 N–H and O–H groups in total. The lowest BCUT2D eigenvalue weighted by molar-refractivity contribution is -0.152.